The summed E-state index contributed by atoms with van der Waals surface area (Å²) in [6.45, 7) is 0. The zero-order valence-corrected chi connectivity index (χ0v) is 18.4. The summed E-state index contributed by atoms with van der Waals surface area (Å²) in [6, 6.07) is 14.9. The molecule has 1 aromatic heterocycles. The lowest BCUT2D eigenvalue weighted by Crippen LogP contribution is -2.35. The molecule has 10 heteroatoms. The molecule has 0 radical (unpaired) electrons. The molecule has 0 bridgehead atoms. The third kappa shape index (κ3) is 5.60. The van der Waals surface area contributed by atoms with Crippen LogP contribution in [0.5, 0.6) is 5.75 Å². The van der Waals surface area contributed by atoms with Crippen LogP contribution in [0.3, 0.4) is 0 Å². The van der Waals surface area contributed by atoms with Crippen molar-refractivity contribution in [2.45, 2.75) is 12.8 Å². The Morgan fingerprint density at radius 2 is 1.69 bits per heavy atom. The lowest BCUT2D eigenvalue weighted by atomic mass is 10.1. The number of carboxylic acid groups (broad SMARTS) is 1. The second-order valence-electron chi connectivity index (χ2n) is 6.69. The SMILES string of the molecule is COc1ccc(-c2ccc(CCC(=O)O)n2NC(=O)C(=O)Nc2ccc(Cl)c(Cl)c2)cc1. The van der Waals surface area contributed by atoms with E-state index in [1.54, 1.807) is 43.5 Å². The third-order valence-electron chi connectivity index (χ3n) is 4.54. The fourth-order valence-electron chi connectivity index (χ4n) is 2.94. The Kier molecular flexibility index (Phi) is 7.40. The first-order chi connectivity index (χ1) is 15.3. The number of carbonyl (C=O) groups is 3. The highest BCUT2D eigenvalue weighted by Gasteiger charge is 2.19. The molecular formula is C22H19Cl2N3O5. The number of carboxylic acids is 1. The summed E-state index contributed by atoms with van der Waals surface area (Å²) in [5, 5.41) is 12.0. The van der Waals surface area contributed by atoms with Crippen molar-refractivity contribution >= 4 is 46.7 Å². The van der Waals surface area contributed by atoms with Gasteiger partial charge in [-0.3, -0.25) is 24.5 Å². The van der Waals surface area contributed by atoms with Gasteiger partial charge in [0, 0.05) is 23.4 Å². The van der Waals surface area contributed by atoms with E-state index in [1.807, 2.05) is 0 Å². The Balaban J connectivity index is 1.85. The van der Waals surface area contributed by atoms with Crippen molar-refractivity contribution in [2.24, 2.45) is 0 Å². The summed E-state index contributed by atoms with van der Waals surface area (Å²) in [6.07, 6.45) is 0.0115. The molecule has 0 fully saturated rings. The van der Waals surface area contributed by atoms with Crippen molar-refractivity contribution in [1.82, 2.24) is 4.68 Å². The molecule has 0 aliphatic rings. The van der Waals surface area contributed by atoms with Crippen LogP contribution in [-0.2, 0) is 20.8 Å². The van der Waals surface area contributed by atoms with Crippen molar-refractivity contribution in [3.8, 4) is 17.0 Å². The highest BCUT2D eigenvalue weighted by atomic mass is 35.5. The van der Waals surface area contributed by atoms with E-state index < -0.39 is 17.8 Å². The van der Waals surface area contributed by atoms with Gasteiger partial charge in [-0.25, -0.2) is 0 Å². The summed E-state index contributed by atoms with van der Waals surface area (Å²) >= 11 is 11.8. The molecule has 2 aromatic carbocycles. The van der Waals surface area contributed by atoms with Gasteiger partial charge in [-0.05, 0) is 54.6 Å². The van der Waals surface area contributed by atoms with Crippen molar-refractivity contribution in [1.29, 1.82) is 0 Å². The number of nitrogens with one attached hydrogen (secondary N) is 2. The molecule has 3 aromatic rings. The summed E-state index contributed by atoms with van der Waals surface area (Å²) < 4.78 is 6.57. The number of halogens is 2. The molecule has 8 nitrogen and oxygen atoms in total. The summed E-state index contributed by atoms with van der Waals surface area (Å²) in [5.74, 6) is -2.20. The molecule has 2 amide bonds. The van der Waals surface area contributed by atoms with Crippen LogP contribution in [0.15, 0.2) is 54.6 Å². The van der Waals surface area contributed by atoms with Crippen LogP contribution in [0.2, 0.25) is 10.0 Å². The number of amides is 2. The number of aryl methyl sites for hydroxylation is 1. The van der Waals surface area contributed by atoms with Gasteiger partial charge in [0.1, 0.15) is 5.75 Å². The maximum Gasteiger partial charge on any atom is 0.328 e. The van der Waals surface area contributed by atoms with Gasteiger partial charge < -0.3 is 15.2 Å². The fourth-order valence-corrected chi connectivity index (χ4v) is 3.24. The molecule has 0 saturated heterocycles. The molecule has 0 atom stereocenters. The van der Waals surface area contributed by atoms with Crippen molar-refractivity contribution in [2.75, 3.05) is 17.9 Å². The Morgan fingerprint density at radius 3 is 2.31 bits per heavy atom. The normalized spacial score (nSPS) is 10.5. The van der Waals surface area contributed by atoms with E-state index in [0.29, 0.717) is 27.8 Å². The van der Waals surface area contributed by atoms with Crippen LogP contribution in [0.25, 0.3) is 11.3 Å². The molecule has 0 aliphatic heterocycles. The molecule has 0 aliphatic carbocycles. The topological polar surface area (TPSA) is 110 Å². The molecule has 32 heavy (non-hydrogen) atoms. The average molecular weight is 476 g/mol. The van der Waals surface area contributed by atoms with Crippen LogP contribution >= 0.6 is 23.2 Å². The zero-order valence-electron chi connectivity index (χ0n) is 16.9. The molecule has 0 unspecified atom stereocenters. The maximum atomic E-state index is 12.6. The van der Waals surface area contributed by atoms with E-state index in [9.17, 15) is 14.4 Å². The minimum Gasteiger partial charge on any atom is -0.497 e. The summed E-state index contributed by atoms with van der Waals surface area (Å²) in [5.41, 5.74) is 4.67. The van der Waals surface area contributed by atoms with Gasteiger partial charge in [0.05, 0.1) is 29.3 Å². The number of nitrogens with zero attached hydrogens (tertiary/aromatic N) is 1. The summed E-state index contributed by atoms with van der Waals surface area (Å²) in [7, 11) is 1.55. The predicted octanol–water partition coefficient (Wildman–Crippen LogP) is 4.20. The minimum atomic E-state index is -0.979. The average Bonchev–Trinajstić information content (AvgIpc) is 3.17. The molecule has 0 saturated carbocycles. The Morgan fingerprint density at radius 1 is 0.969 bits per heavy atom. The second kappa shape index (κ2) is 10.2. The number of anilines is 1. The highest BCUT2D eigenvalue weighted by Crippen LogP contribution is 2.26. The van der Waals surface area contributed by atoms with Crippen molar-refractivity contribution in [3.05, 3.63) is 70.3 Å². The number of aromatic nitrogens is 1. The zero-order chi connectivity index (χ0) is 23.3. The standard InChI is InChI=1S/C22H19Cl2N3O5/c1-32-16-7-2-13(3-8-16)19-10-5-15(6-11-20(28)29)27(19)26-22(31)21(30)25-14-4-9-17(23)18(24)12-14/h2-5,7-10,12H,6,11H2,1H3,(H,25,30)(H,26,31)(H,28,29). The van der Waals surface area contributed by atoms with Crippen molar-refractivity contribution < 1.29 is 24.2 Å². The van der Waals surface area contributed by atoms with E-state index in [1.165, 1.54) is 22.9 Å². The van der Waals surface area contributed by atoms with Crippen LogP contribution < -0.4 is 15.5 Å². The van der Waals surface area contributed by atoms with Crippen molar-refractivity contribution in [3.63, 3.8) is 0 Å². The fraction of sp³-hybridized carbons (Fsp3) is 0.136. The molecular weight excluding hydrogens is 457 g/mol. The number of methoxy groups -OCH3 is 1. The van der Waals surface area contributed by atoms with E-state index in [-0.39, 0.29) is 17.9 Å². The molecule has 0 spiro atoms. The predicted molar refractivity (Wildman–Crippen MR) is 122 cm³/mol. The number of carbonyl (C=O) groups excluding carboxylic acids is 2. The van der Waals surface area contributed by atoms with Gasteiger partial charge in [-0.2, -0.15) is 0 Å². The first kappa shape index (κ1) is 23.2. The Bertz CT molecular complexity index is 1160. The van der Waals surface area contributed by atoms with E-state index >= 15 is 0 Å². The minimum absolute atomic E-state index is 0.141. The van der Waals surface area contributed by atoms with Gasteiger partial charge in [-0.15, -0.1) is 0 Å². The van der Waals surface area contributed by atoms with Crippen LogP contribution in [0.1, 0.15) is 12.1 Å². The number of rotatable bonds is 7. The van der Waals surface area contributed by atoms with Gasteiger partial charge >= 0.3 is 17.8 Å². The Labute approximate surface area is 193 Å². The van der Waals surface area contributed by atoms with E-state index in [0.717, 1.165) is 5.56 Å². The molecule has 3 N–H and O–H groups in total. The van der Waals surface area contributed by atoms with Gasteiger partial charge in [-0.1, -0.05) is 23.2 Å². The lowest BCUT2D eigenvalue weighted by molar-refractivity contribution is -0.137. The van der Waals surface area contributed by atoms with Crippen LogP contribution in [0.4, 0.5) is 5.69 Å². The Hall–Kier alpha value is -3.49. The number of hydrogen-bond acceptors (Lipinski definition) is 4. The number of benzene rings is 2. The van der Waals surface area contributed by atoms with Gasteiger partial charge in [0.2, 0.25) is 0 Å². The smallest absolute Gasteiger partial charge is 0.328 e. The van der Waals surface area contributed by atoms with Crippen LogP contribution in [0, 0.1) is 0 Å². The molecule has 1 heterocycles. The third-order valence-corrected chi connectivity index (χ3v) is 5.28. The van der Waals surface area contributed by atoms with Gasteiger partial charge in [0.25, 0.3) is 0 Å². The monoisotopic (exact) mass is 475 g/mol. The lowest BCUT2D eigenvalue weighted by Gasteiger charge is -2.15. The quantitative estimate of drug-likeness (QED) is 0.443. The summed E-state index contributed by atoms with van der Waals surface area (Å²) in [4.78, 5) is 36.0. The number of ether oxygens (including phenoxy) is 1. The second-order valence-corrected chi connectivity index (χ2v) is 7.51. The number of aliphatic carboxylic acids is 1. The van der Waals surface area contributed by atoms with E-state index in [4.69, 9.17) is 33.0 Å². The largest absolute Gasteiger partial charge is 0.497 e. The maximum absolute atomic E-state index is 12.6. The first-order valence-corrected chi connectivity index (χ1v) is 10.2. The number of hydrogen-bond donors (Lipinski definition) is 3. The first-order valence-electron chi connectivity index (χ1n) is 9.42. The molecule has 3 rings (SSSR count). The molecule has 166 valence electrons. The van der Waals surface area contributed by atoms with E-state index in [2.05, 4.69) is 10.7 Å². The van der Waals surface area contributed by atoms with Crippen LogP contribution in [-0.4, -0.2) is 34.7 Å². The highest BCUT2D eigenvalue weighted by molar-refractivity contribution is 6.43. The van der Waals surface area contributed by atoms with Gasteiger partial charge in [0.15, 0.2) is 0 Å².